The summed E-state index contributed by atoms with van der Waals surface area (Å²) >= 11 is 3.22. The predicted octanol–water partition coefficient (Wildman–Crippen LogP) is 3.76. The number of nitrogens with zero attached hydrogens (tertiary/aromatic N) is 1. The van der Waals surface area contributed by atoms with E-state index in [0.717, 1.165) is 30.7 Å². The van der Waals surface area contributed by atoms with E-state index in [-0.39, 0.29) is 5.84 Å². The lowest BCUT2D eigenvalue weighted by molar-refractivity contribution is -0.137. The summed E-state index contributed by atoms with van der Waals surface area (Å²) in [5.41, 5.74) is 5.41. The molecule has 1 aromatic carbocycles. The molecule has 110 valence electrons. The normalized spacial score (nSPS) is 15.2. The Morgan fingerprint density at radius 1 is 1.40 bits per heavy atom. The van der Waals surface area contributed by atoms with Crippen molar-refractivity contribution >= 4 is 27.5 Å². The van der Waals surface area contributed by atoms with Crippen LogP contribution in [0.1, 0.15) is 24.8 Å². The zero-order valence-corrected chi connectivity index (χ0v) is 12.3. The van der Waals surface area contributed by atoms with Gasteiger partial charge in [-0.1, -0.05) is 0 Å². The van der Waals surface area contributed by atoms with Gasteiger partial charge in [-0.05, 0) is 47.0 Å². The molecule has 0 bridgehead atoms. The number of benzene rings is 1. The summed E-state index contributed by atoms with van der Waals surface area (Å²) in [5.74, 6) is 0.0821. The van der Waals surface area contributed by atoms with Crippen LogP contribution in [0.4, 0.5) is 18.9 Å². The number of hydrogen-bond donors (Lipinski definition) is 2. The second-order valence-corrected chi connectivity index (χ2v) is 5.72. The van der Waals surface area contributed by atoms with E-state index in [2.05, 4.69) is 15.9 Å². The van der Waals surface area contributed by atoms with E-state index >= 15 is 0 Å². The van der Waals surface area contributed by atoms with E-state index in [1.54, 1.807) is 0 Å². The van der Waals surface area contributed by atoms with Gasteiger partial charge in [-0.3, -0.25) is 5.41 Å². The van der Waals surface area contributed by atoms with Crippen LogP contribution in [0.25, 0.3) is 0 Å². The number of anilines is 1. The minimum Gasteiger partial charge on any atom is -0.388 e. The molecule has 0 unspecified atom stereocenters. The molecule has 2 rings (SSSR count). The fourth-order valence-electron chi connectivity index (χ4n) is 2.04. The number of nitrogens with two attached hydrogens (primary N) is 1. The maximum atomic E-state index is 12.6. The molecule has 20 heavy (non-hydrogen) atoms. The van der Waals surface area contributed by atoms with E-state index < -0.39 is 11.7 Å². The average Bonchev–Trinajstić information content (AvgIpc) is 3.13. The van der Waals surface area contributed by atoms with Crippen molar-refractivity contribution in [1.29, 1.82) is 5.41 Å². The van der Waals surface area contributed by atoms with Gasteiger partial charge < -0.3 is 10.6 Å². The van der Waals surface area contributed by atoms with Gasteiger partial charge in [0.2, 0.25) is 0 Å². The molecule has 0 spiro atoms. The van der Waals surface area contributed by atoms with Gasteiger partial charge in [-0.15, -0.1) is 0 Å². The average molecular weight is 350 g/mol. The molecule has 7 heteroatoms. The summed E-state index contributed by atoms with van der Waals surface area (Å²) in [6.07, 6.45) is -1.90. The van der Waals surface area contributed by atoms with E-state index in [4.69, 9.17) is 11.1 Å². The fraction of sp³-hybridized carbons (Fsp3) is 0.462. The quantitative estimate of drug-likeness (QED) is 0.628. The first kappa shape index (κ1) is 15.2. The van der Waals surface area contributed by atoms with E-state index in [9.17, 15) is 13.2 Å². The van der Waals surface area contributed by atoms with Crippen LogP contribution in [0.5, 0.6) is 0 Å². The summed E-state index contributed by atoms with van der Waals surface area (Å²) in [4.78, 5) is 2.02. The molecule has 3 N–H and O–H groups in total. The molecule has 1 fully saturated rings. The highest BCUT2D eigenvalue weighted by atomic mass is 79.9. The molecule has 0 amide bonds. The van der Waals surface area contributed by atoms with Crippen molar-refractivity contribution < 1.29 is 13.2 Å². The van der Waals surface area contributed by atoms with Gasteiger partial charge in [-0.25, -0.2) is 0 Å². The van der Waals surface area contributed by atoms with Crippen LogP contribution >= 0.6 is 15.9 Å². The Morgan fingerprint density at radius 2 is 2.05 bits per heavy atom. The SMILES string of the molecule is N=C(N)CCN(c1ccc(C(F)(F)F)cc1Br)C1CC1. The number of hydrogen-bond acceptors (Lipinski definition) is 2. The lowest BCUT2D eigenvalue weighted by Crippen LogP contribution is -2.30. The second-order valence-electron chi connectivity index (χ2n) is 4.86. The Morgan fingerprint density at radius 3 is 2.50 bits per heavy atom. The monoisotopic (exact) mass is 349 g/mol. The summed E-state index contributed by atoms with van der Waals surface area (Å²) in [7, 11) is 0. The molecule has 1 aliphatic carbocycles. The first-order valence-corrected chi connectivity index (χ1v) is 7.04. The van der Waals surface area contributed by atoms with Gasteiger partial charge in [-0.2, -0.15) is 13.2 Å². The van der Waals surface area contributed by atoms with Crippen LogP contribution in [0, 0.1) is 5.41 Å². The third-order valence-corrected chi connectivity index (χ3v) is 3.83. The lowest BCUT2D eigenvalue weighted by Gasteiger charge is -2.26. The minimum absolute atomic E-state index is 0.0821. The van der Waals surface area contributed by atoms with Crippen LogP contribution in [-0.2, 0) is 6.18 Å². The van der Waals surface area contributed by atoms with Gasteiger partial charge in [0.05, 0.1) is 17.1 Å². The Labute approximate surface area is 123 Å². The third kappa shape index (κ3) is 3.65. The molecule has 0 radical (unpaired) electrons. The maximum Gasteiger partial charge on any atom is 0.416 e. The summed E-state index contributed by atoms with van der Waals surface area (Å²) < 4.78 is 38.4. The Balaban J connectivity index is 2.23. The molecule has 1 saturated carbocycles. The van der Waals surface area contributed by atoms with Crippen molar-refractivity contribution in [2.75, 3.05) is 11.4 Å². The minimum atomic E-state index is -4.34. The van der Waals surface area contributed by atoms with Crippen LogP contribution in [0.2, 0.25) is 0 Å². The van der Waals surface area contributed by atoms with E-state index in [1.807, 2.05) is 4.90 Å². The molecular weight excluding hydrogens is 335 g/mol. The van der Waals surface area contributed by atoms with Crippen molar-refractivity contribution in [2.24, 2.45) is 5.73 Å². The lowest BCUT2D eigenvalue weighted by atomic mass is 10.1. The zero-order valence-electron chi connectivity index (χ0n) is 10.7. The highest BCUT2D eigenvalue weighted by Gasteiger charge is 2.33. The van der Waals surface area contributed by atoms with Gasteiger partial charge in [0.15, 0.2) is 0 Å². The van der Waals surface area contributed by atoms with Gasteiger partial charge in [0.25, 0.3) is 0 Å². The van der Waals surface area contributed by atoms with Crippen molar-refractivity contribution in [3.05, 3.63) is 28.2 Å². The molecule has 0 aromatic heterocycles. The molecule has 3 nitrogen and oxygen atoms in total. The van der Waals surface area contributed by atoms with E-state index in [0.29, 0.717) is 23.5 Å². The molecule has 0 heterocycles. The first-order chi connectivity index (χ1) is 9.29. The van der Waals surface area contributed by atoms with Crippen LogP contribution in [-0.4, -0.2) is 18.4 Å². The third-order valence-electron chi connectivity index (χ3n) is 3.19. The summed E-state index contributed by atoms with van der Waals surface area (Å²) in [6, 6.07) is 4.00. The molecule has 0 atom stereocenters. The van der Waals surface area contributed by atoms with Crippen molar-refractivity contribution in [3.63, 3.8) is 0 Å². The van der Waals surface area contributed by atoms with Crippen molar-refractivity contribution in [2.45, 2.75) is 31.5 Å². The molecular formula is C13H15BrF3N3. The Kier molecular flexibility index (Phi) is 4.27. The fourth-order valence-corrected chi connectivity index (χ4v) is 2.65. The zero-order chi connectivity index (χ0) is 14.9. The van der Waals surface area contributed by atoms with Crippen molar-refractivity contribution in [3.8, 4) is 0 Å². The molecule has 1 aromatic rings. The summed E-state index contributed by atoms with van der Waals surface area (Å²) in [6.45, 7) is 0.546. The molecule has 0 saturated heterocycles. The number of alkyl halides is 3. The number of halogens is 4. The Hall–Kier alpha value is -1.24. The number of amidine groups is 1. The summed E-state index contributed by atoms with van der Waals surface area (Å²) in [5, 5.41) is 7.27. The van der Waals surface area contributed by atoms with Crippen LogP contribution in [0.3, 0.4) is 0 Å². The standard InChI is InChI=1S/C13H15BrF3N3/c14-10-7-8(13(15,16)17)1-4-11(10)20(9-2-3-9)6-5-12(18)19/h1,4,7,9H,2-3,5-6H2,(H3,18,19). The second kappa shape index (κ2) is 5.63. The number of nitrogens with one attached hydrogen (secondary N) is 1. The van der Waals surface area contributed by atoms with Crippen LogP contribution in [0.15, 0.2) is 22.7 Å². The van der Waals surface area contributed by atoms with Crippen molar-refractivity contribution in [1.82, 2.24) is 0 Å². The number of rotatable bonds is 5. The highest BCUT2D eigenvalue weighted by Crippen LogP contribution is 2.39. The van der Waals surface area contributed by atoms with Crippen LogP contribution < -0.4 is 10.6 Å². The van der Waals surface area contributed by atoms with E-state index in [1.165, 1.54) is 6.07 Å². The van der Waals surface area contributed by atoms with Gasteiger partial charge in [0.1, 0.15) is 0 Å². The largest absolute Gasteiger partial charge is 0.416 e. The predicted molar refractivity (Wildman–Crippen MR) is 76.0 cm³/mol. The maximum absolute atomic E-state index is 12.6. The first-order valence-electron chi connectivity index (χ1n) is 6.25. The smallest absolute Gasteiger partial charge is 0.388 e. The highest BCUT2D eigenvalue weighted by molar-refractivity contribution is 9.10. The molecule has 0 aliphatic heterocycles. The van der Waals surface area contributed by atoms with Gasteiger partial charge in [0, 0.05) is 23.5 Å². The van der Waals surface area contributed by atoms with Gasteiger partial charge >= 0.3 is 6.18 Å². The Bertz CT molecular complexity index is 512. The molecule has 1 aliphatic rings. The topological polar surface area (TPSA) is 53.1 Å².